The van der Waals surface area contributed by atoms with Gasteiger partial charge in [-0.3, -0.25) is 10.1 Å². The highest BCUT2D eigenvalue weighted by molar-refractivity contribution is 6.04. The number of likely N-dealkylation sites (N-methyl/N-ethyl adjacent to an activating group) is 1. The van der Waals surface area contributed by atoms with Gasteiger partial charge in [-0.15, -0.1) is 0 Å². The SMILES string of the molecule is C/C(=N\NC1=NC2C(C(=O)NC(=O)N2C)N1CC(C)C)c1ccccc1. The minimum absolute atomic E-state index is 0.315. The summed E-state index contributed by atoms with van der Waals surface area (Å²) in [6.07, 6.45) is -0.551. The van der Waals surface area contributed by atoms with Crippen LogP contribution in [0.2, 0.25) is 0 Å². The second-order valence-corrected chi connectivity index (χ2v) is 6.94. The summed E-state index contributed by atoms with van der Waals surface area (Å²) < 4.78 is 0. The van der Waals surface area contributed by atoms with Crippen molar-refractivity contribution in [2.45, 2.75) is 33.0 Å². The number of nitrogens with one attached hydrogen (secondary N) is 2. The standard InChI is InChI=1S/C18H24N6O2/c1-11(2)10-24-14-15(23(4)18(26)20-16(14)25)19-17(24)22-21-12(3)13-8-6-5-7-9-13/h5-9,11,14-15H,10H2,1-4H3,(H,19,22)(H,20,25,26)/b21-12+. The quantitative estimate of drug-likeness (QED) is 0.627. The lowest BCUT2D eigenvalue weighted by Gasteiger charge is -2.36. The molecular formula is C18H24N6O2. The first-order valence-corrected chi connectivity index (χ1v) is 8.66. The number of imide groups is 1. The van der Waals surface area contributed by atoms with Crippen LogP contribution in [0.1, 0.15) is 26.3 Å². The van der Waals surface area contributed by atoms with Crippen molar-refractivity contribution in [1.82, 2.24) is 20.5 Å². The fourth-order valence-electron chi connectivity index (χ4n) is 3.09. The van der Waals surface area contributed by atoms with Gasteiger partial charge >= 0.3 is 6.03 Å². The summed E-state index contributed by atoms with van der Waals surface area (Å²) in [5, 5.41) is 6.80. The normalized spacial score (nSPS) is 23.1. The van der Waals surface area contributed by atoms with Crippen LogP contribution in [0.3, 0.4) is 0 Å². The van der Waals surface area contributed by atoms with Crippen molar-refractivity contribution < 1.29 is 9.59 Å². The van der Waals surface area contributed by atoms with Crippen LogP contribution in [0, 0.1) is 5.92 Å². The second kappa shape index (κ2) is 7.15. The second-order valence-electron chi connectivity index (χ2n) is 6.94. The number of fused-ring (bicyclic) bond motifs is 1. The molecule has 2 aliphatic heterocycles. The summed E-state index contributed by atoms with van der Waals surface area (Å²) >= 11 is 0. The molecule has 2 unspecified atom stereocenters. The van der Waals surface area contributed by atoms with E-state index in [0.29, 0.717) is 18.4 Å². The molecule has 0 saturated carbocycles. The Labute approximate surface area is 153 Å². The lowest BCUT2D eigenvalue weighted by molar-refractivity contribution is -0.127. The van der Waals surface area contributed by atoms with Crippen molar-refractivity contribution in [3.63, 3.8) is 0 Å². The summed E-state index contributed by atoms with van der Waals surface area (Å²) in [6.45, 7) is 6.67. The average Bonchev–Trinajstić information content (AvgIpc) is 2.97. The molecule has 0 aliphatic carbocycles. The number of benzene rings is 1. The van der Waals surface area contributed by atoms with E-state index in [4.69, 9.17) is 0 Å². The molecule has 0 aromatic heterocycles. The maximum Gasteiger partial charge on any atom is 0.325 e. The van der Waals surface area contributed by atoms with Crippen LogP contribution in [0.25, 0.3) is 0 Å². The molecule has 2 atom stereocenters. The molecule has 0 bridgehead atoms. The van der Waals surface area contributed by atoms with E-state index in [2.05, 4.69) is 34.7 Å². The van der Waals surface area contributed by atoms with E-state index in [1.807, 2.05) is 42.2 Å². The molecule has 3 amide bonds. The van der Waals surface area contributed by atoms with Crippen LogP contribution in [-0.4, -0.2) is 59.2 Å². The third kappa shape index (κ3) is 3.40. The van der Waals surface area contributed by atoms with Crippen molar-refractivity contribution >= 4 is 23.6 Å². The molecule has 1 aromatic rings. The zero-order valence-electron chi connectivity index (χ0n) is 15.4. The predicted molar refractivity (Wildman–Crippen MR) is 99.6 cm³/mol. The number of rotatable bonds is 4. The fraction of sp³-hybridized carbons (Fsp3) is 0.444. The number of aliphatic imine (C=N–C) groups is 1. The molecule has 0 spiro atoms. The number of hydrazone groups is 1. The number of carbonyl (C=O) groups excluding carboxylic acids is 2. The number of hydrogen-bond acceptors (Lipinski definition) is 6. The summed E-state index contributed by atoms with van der Waals surface area (Å²) in [5.41, 5.74) is 4.80. The predicted octanol–water partition coefficient (Wildman–Crippen LogP) is 1.20. The molecular weight excluding hydrogens is 332 g/mol. The zero-order valence-corrected chi connectivity index (χ0v) is 15.4. The van der Waals surface area contributed by atoms with Gasteiger partial charge < -0.3 is 9.80 Å². The van der Waals surface area contributed by atoms with E-state index in [-0.39, 0.29) is 5.91 Å². The number of amides is 3. The Morgan fingerprint density at radius 2 is 2.00 bits per heavy atom. The third-order valence-corrected chi connectivity index (χ3v) is 4.44. The Bertz CT molecular complexity index is 758. The van der Waals surface area contributed by atoms with E-state index in [9.17, 15) is 9.59 Å². The minimum atomic E-state index is -0.551. The Morgan fingerprint density at radius 3 is 2.65 bits per heavy atom. The van der Waals surface area contributed by atoms with Crippen molar-refractivity contribution in [1.29, 1.82) is 0 Å². The maximum atomic E-state index is 12.4. The van der Waals surface area contributed by atoms with E-state index in [1.165, 1.54) is 4.90 Å². The van der Waals surface area contributed by atoms with Crippen LogP contribution in [0.5, 0.6) is 0 Å². The van der Waals surface area contributed by atoms with Gasteiger partial charge in [0.1, 0.15) is 0 Å². The van der Waals surface area contributed by atoms with Crippen molar-refractivity contribution in [3.8, 4) is 0 Å². The summed E-state index contributed by atoms with van der Waals surface area (Å²) in [7, 11) is 1.64. The Kier molecular flexibility index (Phi) is 4.92. The molecule has 138 valence electrons. The van der Waals surface area contributed by atoms with Gasteiger partial charge in [-0.25, -0.2) is 15.2 Å². The van der Waals surface area contributed by atoms with E-state index < -0.39 is 18.2 Å². The maximum absolute atomic E-state index is 12.4. The van der Waals surface area contributed by atoms with E-state index in [1.54, 1.807) is 7.05 Å². The molecule has 8 nitrogen and oxygen atoms in total. The van der Waals surface area contributed by atoms with Crippen LogP contribution in [0.15, 0.2) is 40.4 Å². The number of carbonyl (C=O) groups is 2. The molecule has 2 heterocycles. The van der Waals surface area contributed by atoms with Gasteiger partial charge in [-0.05, 0) is 18.4 Å². The van der Waals surface area contributed by atoms with Crippen molar-refractivity contribution in [2.75, 3.05) is 13.6 Å². The molecule has 2 N–H and O–H groups in total. The average molecular weight is 356 g/mol. The monoisotopic (exact) mass is 356 g/mol. The topological polar surface area (TPSA) is 89.4 Å². The van der Waals surface area contributed by atoms with Crippen LogP contribution >= 0.6 is 0 Å². The molecule has 8 heteroatoms. The first kappa shape index (κ1) is 17.9. The van der Waals surface area contributed by atoms with Gasteiger partial charge in [0, 0.05) is 13.6 Å². The van der Waals surface area contributed by atoms with Gasteiger partial charge in [0.2, 0.25) is 5.96 Å². The highest BCUT2D eigenvalue weighted by Gasteiger charge is 2.48. The van der Waals surface area contributed by atoms with Gasteiger partial charge in [-0.2, -0.15) is 5.10 Å². The van der Waals surface area contributed by atoms with Crippen LogP contribution in [-0.2, 0) is 4.79 Å². The summed E-state index contributed by atoms with van der Waals surface area (Å²) in [6, 6.07) is 8.82. The molecule has 0 radical (unpaired) electrons. The van der Waals surface area contributed by atoms with Gasteiger partial charge in [-0.1, -0.05) is 44.2 Å². The molecule has 2 aliphatic rings. The van der Waals surface area contributed by atoms with Crippen LogP contribution < -0.4 is 10.7 Å². The molecule has 3 rings (SSSR count). The first-order valence-electron chi connectivity index (χ1n) is 8.66. The van der Waals surface area contributed by atoms with Gasteiger partial charge in [0.05, 0.1) is 5.71 Å². The third-order valence-electron chi connectivity index (χ3n) is 4.44. The van der Waals surface area contributed by atoms with Gasteiger partial charge in [0.25, 0.3) is 5.91 Å². The molecule has 26 heavy (non-hydrogen) atoms. The van der Waals surface area contributed by atoms with Crippen molar-refractivity contribution in [2.24, 2.45) is 16.0 Å². The highest BCUT2D eigenvalue weighted by Crippen LogP contribution is 2.24. The van der Waals surface area contributed by atoms with Gasteiger partial charge in [0.15, 0.2) is 12.2 Å². The lowest BCUT2D eigenvalue weighted by Crippen LogP contribution is -2.64. The lowest BCUT2D eigenvalue weighted by atomic mass is 10.1. The molecule has 1 aromatic carbocycles. The zero-order chi connectivity index (χ0) is 18.8. The molecule has 1 fully saturated rings. The van der Waals surface area contributed by atoms with Crippen molar-refractivity contribution in [3.05, 3.63) is 35.9 Å². The first-order chi connectivity index (χ1) is 12.4. The fourth-order valence-corrected chi connectivity index (χ4v) is 3.09. The summed E-state index contributed by atoms with van der Waals surface area (Å²) in [4.78, 5) is 32.2. The van der Waals surface area contributed by atoms with E-state index in [0.717, 1.165) is 11.3 Å². The minimum Gasteiger partial charge on any atom is -0.325 e. The molecule has 1 saturated heterocycles. The number of nitrogens with zero attached hydrogens (tertiary/aromatic N) is 4. The van der Waals surface area contributed by atoms with Crippen LogP contribution in [0.4, 0.5) is 4.79 Å². The number of guanidine groups is 1. The van der Waals surface area contributed by atoms with E-state index >= 15 is 0 Å². The highest BCUT2D eigenvalue weighted by atomic mass is 16.2. The number of hydrogen-bond donors (Lipinski definition) is 2. The Hall–Kier alpha value is -2.90. The Balaban J connectivity index is 1.86. The smallest absolute Gasteiger partial charge is 0.325 e. The largest absolute Gasteiger partial charge is 0.325 e. The number of urea groups is 1. The Morgan fingerprint density at radius 1 is 1.31 bits per heavy atom. The summed E-state index contributed by atoms with van der Waals surface area (Å²) in [5.74, 6) is 0.486.